The molecule has 0 radical (unpaired) electrons. The number of hydrogen-bond donors (Lipinski definition) is 1. The van der Waals surface area contributed by atoms with Gasteiger partial charge in [0, 0.05) is 19.0 Å². The van der Waals surface area contributed by atoms with Crippen molar-refractivity contribution in [3.63, 3.8) is 0 Å². The fourth-order valence-corrected chi connectivity index (χ4v) is 4.24. The minimum atomic E-state index is -2.80. The van der Waals surface area contributed by atoms with Crippen LogP contribution in [0.25, 0.3) is 0 Å². The van der Waals surface area contributed by atoms with Crippen LogP contribution in [-0.4, -0.2) is 40.7 Å². The van der Waals surface area contributed by atoms with Gasteiger partial charge in [0.25, 0.3) is 0 Å². The van der Waals surface area contributed by atoms with Crippen LogP contribution in [0.3, 0.4) is 0 Å². The lowest BCUT2D eigenvalue weighted by atomic mass is 10.2. The highest BCUT2D eigenvalue weighted by molar-refractivity contribution is 7.91. The molecule has 3 rings (SSSR count). The van der Waals surface area contributed by atoms with Crippen LogP contribution < -0.4 is 5.32 Å². The van der Waals surface area contributed by atoms with E-state index in [4.69, 9.17) is 0 Å². The minimum Gasteiger partial charge on any atom is -0.314 e. The quantitative estimate of drug-likeness (QED) is 0.789. The molecule has 0 bridgehead atoms. The van der Waals surface area contributed by atoms with E-state index in [0.29, 0.717) is 18.7 Å². The van der Waals surface area contributed by atoms with Crippen LogP contribution in [0.5, 0.6) is 0 Å². The first-order valence-electron chi connectivity index (χ1n) is 5.99. The molecule has 6 nitrogen and oxygen atoms in total. The van der Waals surface area contributed by atoms with E-state index in [0.717, 1.165) is 31.0 Å². The molecule has 1 aromatic heterocycles. The van der Waals surface area contributed by atoms with Gasteiger partial charge in [0.05, 0.1) is 18.1 Å². The van der Waals surface area contributed by atoms with Gasteiger partial charge < -0.3 is 9.88 Å². The molecule has 1 fully saturated rings. The lowest BCUT2D eigenvalue weighted by Gasteiger charge is -2.10. The normalized spacial score (nSPS) is 26.2. The topological polar surface area (TPSA) is 76.9 Å². The number of fused-ring (bicyclic) bond motifs is 1. The van der Waals surface area contributed by atoms with Gasteiger partial charge in [0.1, 0.15) is 11.6 Å². The molecule has 1 unspecified atom stereocenters. The van der Waals surface area contributed by atoms with Crippen LogP contribution >= 0.6 is 0 Å². The summed E-state index contributed by atoms with van der Waals surface area (Å²) in [5.41, 5.74) is 0. The number of nitrogens with one attached hydrogen (secondary N) is 1. The predicted molar refractivity (Wildman–Crippen MR) is 62.2 cm³/mol. The Morgan fingerprint density at radius 2 is 2.29 bits per heavy atom. The fraction of sp³-hybridized carbons (Fsp3) is 0.800. The molecule has 17 heavy (non-hydrogen) atoms. The highest BCUT2D eigenvalue weighted by Gasteiger charge is 2.28. The molecule has 2 aliphatic rings. The molecule has 0 amide bonds. The van der Waals surface area contributed by atoms with Crippen molar-refractivity contribution < 1.29 is 8.42 Å². The van der Waals surface area contributed by atoms with Gasteiger partial charge in [0.2, 0.25) is 0 Å². The second kappa shape index (κ2) is 4.06. The van der Waals surface area contributed by atoms with E-state index in [-0.39, 0.29) is 11.8 Å². The summed E-state index contributed by atoms with van der Waals surface area (Å²) in [6, 6.07) is 0.0781. The monoisotopic (exact) mass is 256 g/mol. The van der Waals surface area contributed by atoms with E-state index < -0.39 is 9.84 Å². The summed E-state index contributed by atoms with van der Waals surface area (Å²) in [7, 11) is -2.80. The van der Waals surface area contributed by atoms with Gasteiger partial charge in [0.15, 0.2) is 9.84 Å². The molecule has 1 N–H and O–H groups in total. The van der Waals surface area contributed by atoms with Gasteiger partial charge in [-0.2, -0.15) is 0 Å². The third-order valence-corrected chi connectivity index (χ3v) is 5.24. The first-order valence-corrected chi connectivity index (χ1v) is 7.81. The van der Waals surface area contributed by atoms with Crippen molar-refractivity contribution in [1.29, 1.82) is 0 Å². The van der Waals surface area contributed by atoms with Crippen LogP contribution in [0.4, 0.5) is 0 Å². The molecule has 0 spiro atoms. The zero-order valence-electron chi connectivity index (χ0n) is 9.59. The van der Waals surface area contributed by atoms with Crippen molar-refractivity contribution >= 4 is 9.84 Å². The number of rotatable bonds is 3. The Bertz CT molecular complexity index is 522. The van der Waals surface area contributed by atoms with Gasteiger partial charge in [-0.3, -0.25) is 0 Å². The average Bonchev–Trinajstić information content (AvgIpc) is 2.90. The van der Waals surface area contributed by atoms with Crippen LogP contribution in [0.15, 0.2) is 0 Å². The SMILES string of the molecule is O=S1(=O)CCC(NCc2nnc3n2CCC3)C1. The predicted octanol–water partition coefficient (Wildman–Crippen LogP) is -0.499. The van der Waals surface area contributed by atoms with Crippen LogP contribution in [0, 0.1) is 0 Å². The molecule has 2 aliphatic heterocycles. The summed E-state index contributed by atoms with van der Waals surface area (Å²) in [6.45, 7) is 1.61. The molecule has 0 saturated carbocycles. The summed E-state index contributed by atoms with van der Waals surface area (Å²) in [5.74, 6) is 2.55. The fourth-order valence-electron chi connectivity index (χ4n) is 2.53. The van der Waals surface area contributed by atoms with Crippen molar-refractivity contribution in [3.8, 4) is 0 Å². The summed E-state index contributed by atoms with van der Waals surface area (Å²) in [5, 5.41) is 11.5. The summed E-state index contributed by atoms with van der Waals surface area (Å²) < 4.78 is 24.8. The van der Waals surface area contributed by atoms with E-state index in [2.05, 4.69) is 20.1 Å². The van der Waals surface area contributed by atoms with E-state index >= 15 is 0 Å². The standard InChI is InChI=1S/C10H16N4O2S/c15-17(16)5-3-8(7-17)11-6-10-13-12-9-2-1-4-14(9)10/h8,11H,1-7H2. The summed E-state index contributed by atoms with van der Waals surface area (Å²) >= 11 is 0. The van der Waals surface area contributed by atoms with Crippen molar-refractivity contribution in [2.45, 2.75) is 38.4 Å². The Hall–Kier alpha value is -0.950. The number of nitrogens with zero attached hydrogens (tertiary/aromatic N) is 3. The Balaban J connectivity index is 1.61. The average molecular weight is 256 g/mol. The lowest BCUT2D eigenvalue weighted by Crippen LogP contribution is -2.30. The molecule has 1 aromatic rings. The smallest absolute Gasteiger partial charge is 0.151 e. The first kappa shape index (κ1) is 11.2. The molecule has 94 valence electrons. The second-order valence-electron chi connectivity index (χ2n) is 4.77. The van der Waals surface area contributed by atoms with Crippen molar-refractivity contribution in [1.82, 2.24) is 20.1 Å². The number of hydrogen-bond acceptors (Lipinski definition) is 5. The number of aryl methyl sites for hydroxylation is 1. The summed E-state index contributed by atoms with van der Waals surface area (Å²) in [6.07, 6.45) is 2.85. The van der Waals surface area contributed by atoms with Crippen molar-refractivity contribution in [2.75, 3.05) is 11.5 Å². The zero-order chi connectivity index (χ0) is 11.9. The molecule has 7 heteroatoms. The maximum Gasteiger partial charge on any atom is 0.151 e. The van der Waals surface area contributed by atoms with Crippen LogP contribution in [0.2, 0.25) is 0 Å². The second-order valence-corrected chi connectivity index (χ2v) is 7.00. The Morgan fingerprint density at radius 3 is 3.06 bits per heavy atom. The van der Waals surface area contributed by atoms with E-state index in [1.54, 1.807) is 0 Å². The van der Waals surface area contributed by atoms with Gasteiger partial charge in [-0.05, 0) is 12.8 Å². The number of aromatic nitrogens is 3. The largest absolute Gasteiger partial charge is 0.314 e. The third-order valence-electron chi connectivity index (χ3n) is 3.47. The van der Waals surface area contributed by atoms with E-state index in [9.17, 15) is 8.42 Å². The summed E-state index contributed by atoms with van der Waals surface area (Å²) in [4.78, 5) is 0. The van der Waals surface area contributed by atoms with Crippen molar-refractivity contribution in [2.24, 2.45) is 0 Å². The molecule has 0 aliphatic carbocycles. The van der Waals surface area contributed by atoms with Crippen molar-refractivity contribution in [3.05, 3.63) is 11.6 Å². The minimum absolute atomic E-state index is 0.0781. The molecule has 3 heterocycles. The lowest BCUT2D eigenvalue weighted by molar-refractivity contribution is 0.526. The maximum absolute atomic E-state index is 11.3. The Morgan fingerprint density at radius 1 is 1.41 bits per heavy atom. The van der Waals surface area contributed by atoms with Gasteiger partial charge in [-0.25, -0.2) is 8.42 Å². The van der Waals surface area contributed by atoms with Crippen LogP contribution in [-0.2, 0) is 29.3 Å². The Labute approximate surface area is 100 Å². The van der Waals surface area contributed by atoms with E-state index in [1.165, 1.54) is 0 Å². The highest BCUT2D eigenvalue weighted by Crippen LogP contribution is 2.15. The molecule has 1 saturated heterocycles. The number of sulfone groups is 1. The first-order chi connectivity index (χ1) is 8.14. The van der Waals surface area contributed by atoms with E-state index in [1.807, 2.05) is 0 Å². The van der Waals surface area contributed by atoms with Gasteiger partial charge in [-0.15, -0.1) is 10.2 Å². The van der Waals surface area contributed by atoms with Gasteiger partial charge in [-0.1, -0.05) is 0 Å². The molecule has 1 atom stereocenters. The Kier molecular flexibility index (Phi) is 2.67. The van der Waals surface area contributed by atoms with Gasteiger partial charge >= 0.3 is 0 Å². The maximum atomic E-state index is 11.3. The third kappa shape index (κ3) is 2.21. The molecule has 0 aromatic carbocycles. The molecular weight excluding hydrogens is 240 g/mol. The zero-order valence-corrected chi connectivity index (χ0v) is 10.4. The molecular formula is C10H16N4O2S. The highest BCUT2D eigenvalue weighted by atomic mass is 32.2. The van der Waals surface area contributed by atoms with Crippen LogP contribution in [0.1, 0.15) is 24.5 Å².